The van der Waals surface area contributed by atoms with Gasteiger partial charge in [-0.05, 0) is 56.2 Å². The average molecular weight is 386 g/mol. The summed E-state index contributed by atoms with van der Waals surface area (Å²) in [5.41, 5.74) is 5.60. The number of carboxylic acid groups (broad SMARTS) is 1. The molecule has 0 spiro atoms. The Morgan fingerprint density at radius 1 is 1.31 bits per heavy atom. The predicted octanol–water partition coefficient (Wildman–Crippen LogP) is 0.319. The number of nitrogens with two attached hydrogens (primary N) is 2. The van der Waals surface area contributed by atoms with Gasteiger partial charge in [0, 0.05) is 25.7 Å². The molecular formula is C16H26N4O5S. The molecule has 146 valence electrons. The normalized spacial score (nSPS) is 20.7. The van der Waals surface area contributed by atoms with Crippen LogP contribution in [0.3, 0.4) is 0 Å². The fourth-order valence-electron chi connectivity index (χ4n) is 3.59. The fourth-order valence-corrected chi connectivity index (χ4v) is 4.26. The largest absolute Gasteiger partial charge is 0.477 e. The number of aromatic carboxylic acids is 1. The number of hydrogen-bond donors (Lipinski definition) is 3. The van der Waals surface area contributed by atoms with Gasteiger partial charge in [-0.1, -0.05) is 0 Å². The van der Waals surface area contributed by atoms with Crippen molar-refractivity contribution < 1.29 is 23.1 Å². The maximum atomic E-state index is 12.4. The van der Waals surface area contributed by atoms with E-state index in [1.54, 1.807) is 11.9 Å². The number of carboxylic acids is 1. The molecule has 1 fully saturated rings. The zero-order chi connectivity index (χ0) is 19.5. The van der Waals surface area contributed by atoms with Crippen LogP contribution < -0.4 is 10.9 Å². The number of amides is 1. The summed E-state index contributed by atoms with van der Waals surface area (Å²) in [5, 5.41) is 14.5. The molecule has 26 heavy (non-hydrogen) atoms. The molecule has 1 aliphatic rings. The first kappa shape index (κ1) is 20.4. The molecule has 5 N–H and O–H groups in total. The summed E-state index contributed by atoms with van der Waals surface area (Å²) in [4.78, 5) is 25.7. The smallest absolute Gasteiger partial charge is 0.353 e. The lowest BCUT2D eigenvalue weighted by Gasteiger charge is -2.30. The topological polar surface area (TPSA) is 149 Å². The molecular weight excluding hydrogens is 360 g/mol. The van der Waals surface area contributed by atoms with Gasteiger partial charge in [0.15, 0.2) is 0 Å². The van der Waals surface area contributed by atoms with Crippen molar-refractivity contribution in [2.24, 2.45) is 16.8 Å². The van der Waals surface area contributed by atoms with E-state index in [1.807, 2.05) is 0 Å². The van der Waals surface area contributed by atoms with Gasteiger partial charge >= 0.3 is 16.2 Å². The lowest BCUT2D eigenvalue weighted by molar-refractivity contribution is -0.135. The summed E-state index contributed by atoms with van der Waals surface area (Å²) in [7, 11) is -2.41. The Morgan fingerprint density at radius 2 is 1.92 bits per heavy atom. The highest BCUT2D eigenvalue weighted by Crippen LogP contribution is 2.38. The minimum absolute atomic E-state index is 0.0810. The predicted molar refractivity (Wildman–Crippen MR) is 95.9 cm³/mol. The first-order valence-electron chi connectivity index (χ1n) is 8.59. The van der Waals surface area contributed by atoms with E-state index in [9.17, 15) is 23.1 Å². The summed E-state index contributed by atoms with van der Waals surface area (Å²) < 4.78 is 23.8. The molecule has 1 aromatic heterocycles. The third kappa shape index (κ3) is 4.43. The van der Waals surface area contributed by atoms with Gasteiger partial charge in [0.1, 0.15) is 5.69 Å². The Labute approximate surface area is 153 Å². The molecule has 1 saturated carbocycles. The SMILES string of the molecule is CN(CCCN)C(=O)C1CCC(c2ccn(S(N)(=O)=O)c2C(=O)O)CC1. The van der Waals surface area contributed by atoms with Gasteiger partial charge in [-0.2, -0.15) is 8.42 Å². The highest BCUT2D eigenvalue weighted by molar-refractivity contribution is 7.87. The van der Waals surface area contributed by atoms with E-state index in [4.69, 9.17) is 10.9 Å². The van der Waals surface area contributed by atoms with Gasteiger partial charge in [0.05, 0.1) is 0 Å². The molecule has 0 bridgehead atoms. The van der Waals surface area contributed by atoms with Crippen molar-refractivity contribution in [2.75, 3.05) is 20.1 Å². The minimum Gasteiger partial charge on any atom is -0.477 e. The van der Waals surface area contributed by atoms with Gasteiger partial charge in [0.2, 0.25) is 5.91 Å². The number of nitrogens with zero attached hydrogens (tertiary/aromatic N) is 2. The Bertz CT molecular complexity index is 766. The third-order valence-electron chi connectivity index (χ3n) is 4.95. The summed E-state index contributed by atoms with van der Waals surface area (Å²) in [5.74, 6) is -1.46. The van der Waals surface area contributed by atoms with Crippen molar-refractivity contribution in [3.63, 3.8) is 0 Å². The highest BCUT2D eigenvalue weighted by Gasteiger charge is 2.32. The molecule has 1 aliphatic carbocycles. The van der Waals surface area contributed by atoms with Crippen LogP contribution in [0.4, 0.5) is 0 Å². The molecule has 1 aromatic rings. The van der Waals surface area contributed by atoms with E-state index in [0.717, 1.165) is 6.42 Å². The molecule has 2 rings (SSSR count). The second-order valence-corrected chi connectivity index (χ2v) is 8.14. The Kier molecular flexibility index (Phi) is 6.43. The van der Waals surface area contributed by atoms with Crippen molar-refractivity contribution in [1.82, 2.24) is 8.87 Å². The Balaban J connectivity index is 2.10. The number of carbonyl (C=O) groups excluding carboxylic acids is 1. The molecule has 1 amide bonds. The zero-order valence-electron chi connectivity index (χ0n) is 14.8. The number of hydrogen-bond acceptors (Lipinski definition) is 5. The summed E-state index contributed by atoms with van der Waals surface area (Å²) >= 11 is 0. The summed E-state index contributed by atoms with van der Waals surface area (Å²) in [6.45, 7) is 1.15. The van der Waals surface area contributed by atoms with Crippen LogP contribution in [0.5, 0.6) is 0 Å². The lowest BCUT2D eigenvalue weighted by atomic mass is 9.78. The second-order valence-electron chi connectivity index (χ2n) is 6.72. The monoisotopic (exact) mass is 386 g/mol. The van der Waals surface area contributed by atoms with Crippen molar-refractivity contribution in [3.05, 3.63) is 23.5 Å². The lowest BCUT2D eigenvalue weighted by Crippen LogP contribution is -2.36. The van der Waals surface area contributed by atoms with E-state index in [1.165, 1.54) is 12.3 Å². The molecule has 0 aromatic carbocycles. The van der Waals surface area contributed by atoms with E-state index < -0.39 is 16.2 Å². The first-order valence-corrected chi connectivity index (χ1v) is 10.1. The van der Waals surface area contributed by atoms with Gasteiger partial charge in [-0.3, -0.25) is 4.79 Å². The molecule has 0 unspecified atom stereocenters. The summed E-state index contributed by atoms with van der Waals surface area (Å²) in [6.07, 6.45) is 4.44. The van der Waals surface area contributed by atoms with Crippen molar-refractivity contribution in [2.45, 2.75) is 38.0 Å². The van der Waals surface area contributed by atoms with Crippen molar-refractivity contribution in [1.29, 1.82) is 0 Å². The van der Waals surface area contributed by atoms with Crippen LogP contribution in [0.2, 0.25) is 0 Å². The average Bonchev–Trinajstić information content (AvgIpc) is 3.05. The highest BCUT2D eigenvalue weighted by atomic mass is 32.2. The second kappa shape index (κ2) is 8.19. The molecule has 0 radical (unpaired) electrons. The zero-order valence-corrected chi connectivity index (χ0v) is 15.6. The fraction of sp³-hybridized carbons (Fsp3) is 0.625. The Morgan fingerprint density at radius 3 is 2.42 bits per heavy atom. The quantitative estimate of drug-likeness (QED) is 0.614. The van der Waals surface area contributed by atoms with E-state index in [-0.39, 0.29) is 23.4 Å². The number of aromatic nitrogens is 1. The number of carbonyl (C=O) groups is 2. The third-order valence-corrected chi connectivity index (χ3v) is 5.80. The first-order chi connectivity index (χ1) is 12.2. The van der Waals surface area contributed by atoms with Gasteiger partial charge in [-0.25, -0.2) is 13.9 Å². The molecule has 0 aliphatic heterocycles. The maximum absolute atomic E-state index is 12.4. The van der Waals surface area contributed by atoms with Gasteiger partial charge < -0.3 is 15.7 Å². The molecule has 0 saturated heterocycles. The van der Waals surface area contributed by atoms with E-state index >= 15 is 0 Å². The molecule has 0 atom stereocenters. The maximum Gasteiger partial charge on any atom is 0.353 e. The van der Waals surface area contributed by atoms with Crippen molar-refractivity contribution in [3.8, 4) is 0 Å². The van der Waals surface area contributed by atoms with Crippen LogP contribution >= 0.6 is 0 Å². The van der Waals surface area contributed by atoms with Crippen LogP contribution in [-0.2, 0) is 15.0 Å². The molecule has 9 nitrogen and oxygen atoms in total. The van der Waals surface area contributed by atoms with Crippen LogP contribution in [-0.4, -0.2) is 54.4 Å². The number of rotatable bonds is 7. The molecule has 10 heteroatoms. The van der Waals surface area contributed by atoms with Crippen LogP contribution in [0.15, 0.2) is 12.3 Å². The van der Waals surface area contributed by atoms with E-state index in [2.05, 4.69) is 0 Å². The van der Waals surface area contributed by atoms with Gasteiger partial charge in [-0.15, -0.1) is 0 Å². The summed E-state index contributed by atoms with van der Waals surface area (Å²) in [6, 6.07) is 1.49. The van der Waals surface area contributed by atoms with Gasteiger partial charge in [0.25, 0.3) is 0 Å². The van der Waals surface area contributed by atoms with Crippen LogP contribution in [0.1, 0.15) is 54.1 Å². The van der Waals surface area contributed by atoms with Crippen LogP contribution in [0.25, 0.3) is 0 Å². The minimum atomic E-state index is -4.18. The van der Waals surface area contributed by atoms with E-state index in [0.29, 0.717) is 48.3 Å². The Hall–Kier alpha value is -1.91. The van der Waals surface area contributed by atoms with Crippen molar-refractivity contribution >= 4 is 22.1 Å². The standard InChI is InChI=1S/C16H26N4O5S/c1-19(9-2-8-17)15(21)12-5-3-11(4-6-12)13-7-10-20(26(18,24)25)14(13)16(22)23/h7,10-12H,2-6,8-9,17H2,1H3,(H,22,23)(H2,18,24,25). The molecule has 1 heterocycles. The van der Waals surface area contributed by atoms with Crippen LogP contribution in [0, 0.1) is 5.92 Å².